The number of rotatable bonds is 5. The first-order chi connectivity index (χ1) is 12.6. The van der Waals surface area contributed by atoms with Gasteiger partial charge in [-0.2, -0.15) is 5.10 Å². The SMILES string of the molecule is CO[C@H]1CC[C@]2(OC)CCN(Cc3cc(F)ccc3-n3cccn3)[C@@H]2C1. The van der Waals surface area contributed by atoms with Crippen LogP contribution in [0.2, 0.25) is 0 Å². The highest BCUT2D eigenvalue weighted by atomic mass is 19.1. The van der Waals surface area contributed by atoms with Gasteiger partial charge in [-0.05, 0) is 55.5 Å². The summed E-state index contributed by atoms with van der Waals surface area (Å²) in [6.45, 7) is 1.63. The lowest BCUT2D eigenvalue weighted by Crippen LogP contribution is -2.51. The van der Waals surface area contributed by atoms with E-state index in [1.165, 1.54) is 6.07 Å². The van der Waals surface area contributed by atoms with E-state index < -0.39 is 0 Å². The number of fused-ring (bicyclic) bond motifs is 1. The van der Waals surface area contributed by atoms with Crippen LogP contribution in [0.1, 0.15) is 31.2 Å². The molecule has 0 unspecified atom stereocenters. The first-order valence-electron chi connectivity index (χ1n) is 9.25. The Balaban J connectivity index is 1.62. The molecule has 0 bridgehead atoms. The maximum atomic E-state index is 14.0. The molecule has 0 spiro atoms. The van der Waals surface area contributed by atoms with Crippen LogP contribution in [0, 0.1) is 5.82 Å². The fourth-order valence-electron chi connectivity index (χ4n) is 4.69. The van der Waals surface area contributed by atoms with Gasteiger partial charge in [0, 0.05) is 45.7 Å². The van der Waals surface area contributed by atoms with Crippen molar-refractivity contribution in [2.45, 2.75) is 50.0 Å². The molecule has 2 aromatic rings. The van der Waals surface area contributed by atoms with Crippen LogP contribution in [0.15, 0.2) is 36.7 Å². The van der Waals surface area contributed by atoms with Gasteiger partial charge in [0.2, 0.25) is 0 Å². The highest BCUT2D eigenvalue weighted by Crippen LogP contribution is 2.43. The molecule has 3 atom stereocenters. The zero-order valence-corrected chi connectivity index (χ0v) is 15.4. The summed E-state index contributed by atoms with van der Waals surface area (Å²) < 4.78 is 27.4. The fourth-order valence-corrected chi connectivity index (χ4v) is 4.69. The number of ether oxygens (including phenoxy) is 2. The summed E-state index contributed by atoms with van der Waals surface area (Å²) in [6, 6.07) is 7.09. The normalized spacial score (nSPS) is 29.0. The molecule has 0 amide bonds. The Morgan fingerprint density at radius 2 is 2.19 bits per heavy atom. The predicted octanol–water partition coefficient (Wildman–Crippen LogP) is 3.17. The molecule has 140 valence electrons. The summed E-state index contributed by atoms with van der Waals surface area (Å²) in [6.07, 6.45) is 7.91. The van der Waals surface area contributed by atoms with E-state index in [0.717, 1.165) is 43.5 Å². The van der Waals surface area contributed by atoms with E-state index in [1.54, 1.807) is 30.1 Å². The molecule has 1 saturated heterocycles. The second-order valence-corrected chi connectivity index (χ2v) is 7.36. The summed E-state index contributed by atoms with van der Waals surface area (Å²) >= 11 is 0. The van der Waals surface area contributed by atoms with Gasteiger partial charge in [-0.15, -0.1) is 0 Å². The second kappa shape index (κ2) is 7.10. The highest BCUT2D eigenvalue weighted by molar-refractivity contribution is 5.41. The molecular formula is C20H26FN3O2. The molecule has 1 aromatic heterocycles. The standard InChI is InChI=1S/C20H26FN3O2/c1-25-17-6-7-20(26-2)8-11-23(19(20)13-17)14-15-12-16(21)4-5-18(15)24-10-3-9-22-24/h3-5,9-10,12,17,19H,6-8,11,13-14H2,1-2H3/t17-,19+,20-/m0/s1. The molecule has 1 aliphatic carbocycles. The van der Waals surface area contributed by atoms with Gasteiger partial charge in [-0.3, -0.25) is 4.90 Å². The number of nitrogens with zero attached hydrogens (tertiary/aromatic N) is 3. The maximum Gasteiger partial charge on any atom is 0.123 e. The fraction of sp³-hybridized carbons (Fsp3) is 0.550. The Bertz CT molecular complexity index is 752. The molecule has 0 N–H and O–H groups in total. The minimum atomic E-state index is -0.216. The molecule has 26 heavy (non-hydrogen) atoms. The van der Waals surface area contributed by atoms with Crippen molar-refractivity contribution in [2.24, 2.45) is 0 Å². The van der Waals surface area contributed by atoms with E-state index >= 15 is 0 Å². The Morgan fingerprint density at radius 1 is 1.31 bits per heavy atom. The third kappa shape index (κ3) is 3.06. The quantitative estimate of drug-likeness (QED) is 0.822. The number of halogens is 1. The van der Waals surface area contributed by atoms with Gasteiger partial charge >= 0.3 is 0 Å². The minimum Gasteiger partial charge on any atom is -0.381 e. The molecule has 5 nitrogen and oxygen atoms in total. The summed E-state index contributed by atoms with van der Waals surface area (Å²) in [5, 5.41) is 4.32. The average Bonchev–Trinajstić information content (AvgIpc) is 3.30. The molecule has 4 rings (SSSR count). The smallest absolute Gasteiger partial charge is 0.123 e. The minimum absolute atomic E-state index is 0.103. The highest BCUT2D eigenvalue weighted by Gasteiger charge is 2.51. The van der Waals surface area contributed by atoms with E-state index in [1.807, 2.05) is 19.4 Å². The average molecular weight is 359 g/mol. The van der Waals surface area contributed by atoms with E-state index in [2.05, 4.69) is 10.00 Å². The third-order valence-electron chi connectivity index (χ3n) is 6.15. The number of likely N-dealkylation sites (tertiary alicyclic amines) is 1. The Labute approximate surface area is 153 Å². The van der Waals surface area contributed by atoms with Crippen LogP contribution in [-0.4, -0.2) is 53.2 Å². The van der Waals surface area contributed by atoms with Gasteiger partial charge in [-0.25, -0.2) is 9.07 Å². The van der Waals surface area contributed by atoms with E-state index in [4.69, 9.17) is 9.47 Å². The van der Waals surface area contributed by atoms with Crippen LogP contribution >= 0.6 is 0 Å². The van der Waals surface area contributed by atoms with E-state index in [0.29, 0.717) is 12.6 Å². The molecule has 1 saturated carbocycles. The van der Waals surface area contributed by atoms with Crippen LogP contribution in [0.4, 0.5) is 4.39 Å². The van der Waals surface area contributed by atoms with Crippen molar-refractivity contribution in [3.05, 3.63) is 48.0 Å². The Hall–Kier alpha value is -1.76. The topological polar surface area (TPSA) is 39.5 Å². The molecular weight excluding hydrogens is 333 g/mol. The summed E-state index contributed by atoms with van der Waals surface area (Å²) in [5.41, 5.74) is 1.76. The molecule has 2 fully saturated rings. The van der Waals surface area contributed by atoms with E-state index in [-0.39, 0.29) is 17.5 Å². The Morgan fingerprint density at radius 3 is 2.92 bits per heavy atom. The van der Waals surface area contributed by atoms with Gasteiger partial charge < -0.3 is 9.47 Å². The molecule has 1 aromatic carbocycles. The van der Waals surface area contributed by atoms with Gasteiger partial charge in [0.25, 0.3) is 0 Å². The molecule has 1 aliphatic heterocycles. The lowest BCUT2D eigenvalue weighted by Gasteiger charge is -2.43. The lowest BCUT2D eigenvalue weighted by atomic mass is 9.79. The molecule has 2 aliphatic rings. The van der Waals surface area contributed by atoms with Gasteiger partial charge in [-0.1, -0.05) is 0 Å². The second-order valence-electron chi connectivity index (χ2n) is 7.36. The molecule has 0 radical (unpaired) electrons. The van der Waals surface area contributed by atoms with Crippen molar-refractivity contribution in [1.29, 1.82) is 0 Å². The van der Waals surface area contributed by atoms with Crippen molar-refractivity contribution < 1.29 is 13.9 Å². The van der Waals surface area contributed by atoms with Gasteiger partial charge in [0.15, 0.2) is 0 Å². The van der Waals surface area contributed by atoms with Crippen LogP contribution in [0.25, 0.3) is 5.69 Å². The number of hydrogen-bond acceptors (Lipinski definition) is 4. The van der Waals surface area contributed by atoms with Crippen molar-refractivity contribution in [3.8, 4) is 5.69 Å². The van der Waals surface area contributed by atoms with E-state index in [9.17, 15) is 4.39 Å². The third-order valence-corrected chi connectivity index (χ3v) is 6.15. The van der Waals surface area contributed by atoms with Crippen LogP contribution < -0.4 is 0 Å². The summed E-state index contributed by atoms with van der Waals surface area (Å²) in [7, 11) is 3.60. The first kappa shape index (κ1) is 17.6. The first-order valence-corrected chi connectivity index (χ1v) is 9.25. The number of benzene rings is 1. The maximum absolute atomic E-state index is 14.0. The predicted molar refractivity (Wildman–Crippen MR) is 96.7 cm³/mol. The van der Waals surface area contributed by atoms with Gasteiger partial charge in [0.1, 0.15) is 5.82 Å². The van der Waals surface area contributed by atoms with Crippen molar-refractivity contribution in [2.75, 3.05) is 20.8 Å². The summed E-state index contributed by atoms with van der Waals surface area (Å²) in [4.78, 5) is 2.43. The Kier molecular flexibility index (Phi) is 4.82. The summed E-state index contributed by atoms with van der Waals surface area (Å²) in [5.74, 6) is -0.216. The van der Waals surface area contributed by atoms with Gasteiger partial charge in [0.05, 0.1) is 17.4 Å². The monoisotopic (exact) mass is 359 g/mol. The molecule has 6 heteroatoms. The van der Waals surface area contributed by atoms with Crippen molar-refractivity contribution in [1.82, 2.24) is 14.7 Å². The van der Waals surface area contributed by atoms with Crippen molar-refractivity contribution >= 4 is 0 Å². The molecule has 2 heterocycles. The van der Waals surface area contributed by atoms with Crippen LogP contribution in [0.3, 0.4) is 0 Å². The lowest BCUT2D eigenvalue weighted by molar-refractivity contribution is -0.0947. The zero-order chi connectivity index (χ0) is 18.1. The largest absolute Gasteiger partial charge is 0.381 e. The number of methoxy groups -OCH3 is 2. The van der Waals surface area contributed by atoms with Crippen LogP contribution in [-0.2, 0) is 16.0 Å². The number of hydrogen-bond donors (Lipinski definition) is 0. The van der Waals surface area contributed by atoms with Crippen molar-refractivity contribution in [3.63, 3.8) is 0 Å². The van der Waals surface area contributed by atoms with Crippen LogP contribution in [0.5, 0.6) is 0 Å². The number of aromatic nitrogens is 2. The zero-order valence-electron chi connectivity index (χ0n) is 15.4.